The molecule has 4 heteroatoms. The zero-order valence-corrected chi connectivity index (χ0v) is 10.5. The summed E-state index contributed by atoms with van der Waals surface area (Å²) in [6.45, 7) is 7.94. The Morgan fingerprint density at radius 3 is 2.40 bits per heavy atom. The highest BCUT2D eigenvalue weighted by Gasteiger charge is 2.20. The average molecular weight is 224 g/mol. The summed E-state index contributed by atoms with van der Waals surface area (Å²) in [6, 6.07) is 5.23. The molecular weight excluding hydrogens is 208 g/mol. The number of carbonyl (C=O) groups is 1. The second kappa shape index (κ2) is 4.06. The number of aromatic carboxylic acids is 1. The first-order valence-electron chi connectivity index (χ1n) is 4.82. The van der Waals surface area contributed by atoms with Crippen molar-refractivity contribution in [1.29, 1.82) is 0 Å². The van der Waals surface area contributed by atoms with Gasteiger partial charge in [-0.15, -0.1) is 0 Å². The van der Waals surface area contributed by atoms with E-state index in [9.17, 15) is 4.79 Å². The van der Waals surface area contributed by atoms with E-state index < -0.39 is 14.3 Å². The van der Waals surface area contributed by atoms with Gasteiger partial charge in [-0.3, -0.25) is 0 Å². The highest BCUT2D eigenvalue weighted by Crippen LogP contribution is 2.23. The Hall–Kier alpha value is -1.29. The third-order valence-electron chi connectivity index (χ3n) is 1.78. The Bertz CT molecular complexity index is 380. The van der Waals surface area contributed by atoms with Gasteiger partial charge in [0.2, 0.25) is 8.32 Å². The van der Waals surface area contributed by atoms with Gasteiger partial charge in [-0.1, -0.05) is 11.6 Å². The van der Waals surface area contributed by atoms with E-state index in [0.717, 1.165) is 5.56 Å². The molecule has 0 fully saturated rings. The standard InChI is InChI=1S/C11H16O3Si/c1-8-5-6-10(14-15(2,3)4)9(7-8)11(12)13/h5-7H,1-4H3,(H,12,13). The maximum absolute atomic E-state index is 11.0. The Labute approximate surface area is 90.8 Å². The van der Waals surface area contributed by atoms with Gasteiger partial charge in [0.05, 0.1) is 0 Å². The number of carboxylic acids is 1. The van der Waals surface area contributed by atoms with Crippen LogP contribution in [-0.4, -0.2) is 19.4 Å². The molecule has 0 radical (unpaired) electrons. The maximum Gasteiger partial charge on any atom is 0.339 e. The molecule has 1 rings (SSSR count). The van der Waals surface area contributed by atoms with Crippen molar-refractivity contribution >= 4 is 14.3 Å². The van der Waals surface area contributed by atoms with Crippen molar-refractivity contribution in [2.45, 2.75) is 26.6 Å². The number of hydrogen-bond acceptors (Lipinski definition) is 2. The van der Waals surface area contributed by atoms with Crippen LogP contribution in [-0.2, 0) is 0 Å². The van der Waals surface area contributed by atoms with E-state index in [2.05, 4.69) is 0 Å². The van der Waals surface area contributed by atoms with Crippen LogP contribution in [0.5, 0.6) is 5.75 Å². The highest BCUT2D eigenvalue weighted by molar-refractivity contribution is 6.70. The fourth-order valence-corrected chi connectivity index (χ4v) is 2.07. The molecule has 0 bridgehead atoms. The van der Waals surface area contributed by atoms with Crippen LogP contribution in [0.25, 0.3) is 0 Å². The van der Waals surface area contributed by atoms with Crippen LogP contribution in [0, 0.1) is 6.92 Å². The molecule has 1 N–H and O–H groups in total. The Kier molecular flexibility index (Phi) is 3.19. The molecule has 15 heavy (non-hydrogen) atoms. The highest BCUT2D eigenvalue weighted by atomic mass is 28.4. The van der Waals surface area contributed by atoms with Crippen LogP contribution < -0.4 is 4.43 Å². The van der Waals surface area contributed by atoms with Crippen LogP contribution in [0.3, 0.4) is 0 Å². The summed E-state index contributed by atoms with van der Waals surface area (Å²) < 4.78 is 5.71. The van der Waals surface area contributed by atoms with Crippen molar-refractivity contribution in [1.82, 2.24) is 0 Å². The van der Waals surface area contributed by atoms with E-state index in [-0.39, 0.29) is 5.56 Å². The summed E-state index contributed by atoms with van der Waals surface area (Å²) in [6.07, 6.45) is 0. The summed E-state index contributed by atoms with van der Waals surface area (Å²) in [5, 5.41) is 9.02. The molecule has 0 aliphatic rings. The largest absolute Gasteiger partial charge is 0.544 e. The van der Waals surface area contributed by atoms with Crippen LogP contribution in [0.15, 0.2) is 18.2 Å². The minimum absolute atomic E-state index is 0.248. The Morgan fingerprint density at radius 1 is 1.33 bits per heavy atom. The van der Waals surface area contributed by atoms with E-state index in [1.54, 1.807) is 12.1 Å². The van der Waals surface area contributed by atoms with Gasteiger partial charge in [0.1, 0.15) is 11.3 Å². The van der Waals surface area contributed by atoms with Crippen molar-refractivity contribution < 1.29 is 14.3 Å². The van der Waals surface area contributed by atoms with Gasteiger partial charge in [-0.05, 0) is 38.7 Å². The number of aryl methyl sites for hydroxylation is 1. The van der Waals surface area contributed by atoms with E-state index >= 15 is 0 Å². The molecule has 0 spiro atoms. The van der Waals surface area contributed by atoms with Gasteiger partial charge < -0.3 is 9.53 Å². The number of carboxylic acid groups (broad SMARTS) is 1. The number of benzene rings is 1. The lowest BCUT2D eigenvalue weighted by Crippen LogP contribution is -2.30. The molecule has 1 aromatic rings. The molecule has 0 heterocycles. The molecule has 3 nitrogen and oxygen atoms in total. The predicted octanol–water partition coefficient (Wildman–Crippen LogP) is 2.91. The molecule has 1 aromatic carbocycles. The molecule has 0 saturated heterocycles. The van der Waals surface area contributed by atoms with Crippen LogP contribution in [0.2, 0.25) is 19.6 Å². The summed E-state index contributed by atoms with van der Waals surface area (Å²) in [4.78, 5) is 11.0. The molecule has 0 aliphatic carbocycles. The minimum Gasteiger partial charge on any atom is -0.544 e. The van der Waals surface area contributed by atoms with Crippen molar-refractivity contribution in [3.8, 4) is 5.75 Å². The molecular formula is C11H16O3Si. The van der Waals surface area contributed by atoms with Gasteiger partial charge in [-0.25, -0.2) is 4.79 Å². The molecule has 0 unspecified atom stereocenters. The van der Waals surface area contributed by atoms with Crippen LogP contribution in [0.1, 0.15) is 15.9 Å². The third kappa shape index (κ3) is 3.40. The Morgan fingerprint density at radius 2 is 1.93 bits per heavy atom. The van der Waals surface area contributed by atoms with Gasteiger partial charge >= 0.3 is 5.97 Å². The molecule has 0 aromatic heterocycles. The summed E-state index contributed by atoms with van der Waals surface area (Å²) in [7, 11) is -1.76. The summed E-state index contributed by atoms with van der Waals surface area (Å²) >= 11 is 0. The predicted molar refractivity (Wildman–Crippen MR) is 62.1 cm³/mol. The van der Waals surface area contributed by atoms with Gasteiger partial charge in [0, 0.05) is 0 Å². The zero-order chi connectivity index (χ0) is 11.6. The lowest BCUT2D eigenvalue weighted by molar-refractivity contribution is 0.0694. The van der Waals surface area contributed by atoms with E-state index in [1.807, 2.05) is 32.6 Å². The second-order valence-electron chi connectivity index (χ2n) is 4.52. The van der Waals surface area contributed by atoms with Crippen molar-refractivity contribution in [3.63, 3.8) is 0 Å². The van der Waals surface area contributed by atoms with E-state index in [1.165, 1.54) is 0 Å². The fourth-order valence-electron chi connectivity index (χ4n) is 1.23. The smallest absolute Gasteiger partial charge is 0.339 e. The fraction of sp³-hybridized carbons (Fsp3) is 0.364. The van der Waals surface area contributed by atoms with Crippen molar-refractivity contribution in [2.24, 2.45) is 0 Å². The second-order valence-corrected chi connectivity index (χ2v) is 8.95. The first-order chi connectivity index (χ1) is 6.79. The lowest BCUT2D eigenvalue weighted by Gasteiger charge is -2.20. The first kappa shape index (κ1) is 11.8. The van der Waals surface area contributed by atoms with Gasteiger partial charge in [0.25, 0.3) is 0 Å². The molecule has 0 atom stereocenters. The lowest BCUT2D eigenvalue weighted by atomic mass is 10.1. The normalized spacial score (nSPS) is 11.2. The third-order valence-corrected chi connectivity index (χ3v) is 2.61. The SMILES string of the molecule is Cc1ccc(O[Si](C)(C)C)c(C(=O)O)c1. The van der Waals surface area contributed by atoms with Gasteiger partial charge in [0.15, 0.2) is 0 Å². The Balaban J connectivity index is 3.12. The molecule has 0 saturated carbocycles. The monoisotopic (exact) mass is 224 g/mol. The topological polar surface area (TPSA) is 46.5 Å². The molecule has 0 amide bonds. The maximum atomic E-state index is 11.0. The quantitative estimate of drug-likeness (QED) is 0.803. The van der Waals surface area contributed by atoms with Crippen LogP contribution in [0.4, 0.5) is 0 Å². The van der Waals surface area contributed by atoms with E-state index in [4.69, 9.17) is 9.53 Å². The van der Waals surface area contributed by atoms with Gasteiger partial charge in [-0.2, -0.15) is 0 Å². The summed E-state index contributed by atoms with van der Waals surface area (Å²) in [5.74, 6) is -0.459. The molecule has 0 aliphatic heterocycles. The minimum atomic E-state index is -1.76. The number of rotatable bonds is 3. The van der Waals surface area contributed by atoms with Crippen molar-refractivity contribution in [2.75, 3.05) is 0 Å². The van der Waals surface area contributed by atoms with E-state index in [0.29, 0.717) is 5.75 Å². The van der Waals surface area contributed by atoms with Crippen LogP contribution >= 0.6 is 0 Å². The average Bonchev–Trinajstić information content (AvgIpc) is 2.05. The summed E-state index contributed by atoms with van der Waals surface area (Å²) in [5.41, 5.74) is 1.17. The first-order valence-corrected chi connectivity index (χ1v) is 8.23. The molecule has 82 valence electrons. The number of hydrogen-bond donors (Lipinski definition) is 1. The van der Waals surface area contributed by atoms with Crippen molar-refractivity contribution in [3.05, 3.63) is 29.3 Å². The zero-order valence-electron chi connectivity index (χ0n) is 9.50.